The van der Waals surface area contributed by atoms with Gasteiger partial charge in [0.15, 0.2) is 0 Å². The van der Waals surface area contributed by atoms with Gasteiger partial charge in [0.2, 0.25) is 0 Å². The highest BCUT2D eigenvalue weighted by Crippen LogP contribution is 2.12. The van der Waals surface area contributed by atoms with Crippen LogP contribution in [0.25, 0.3) is 0 Å². The Balaban J connectivity index is 0.000000267. The summed E-state index contributed by atoms with van der Waals surface area (Å²) in [7, 11) is 0. The predicted octanol–water partition coefficient (Wildman–Crippen LogP) is 3.73. The van der Waals surface area contributed by atoms with Crippen LogP contribution in [0.4, 0.5) is 0 Å². The number of allylic oxidation sites excluding steroid dienone is 4. The second-order valence-electron chi connectivity index (χ2n) is 4.28. The maximum Gasteiger partial charge on any atom is 0.305 e. The van der Waals surface area contributed by atoms with Gasteiger partial charge in [-0.05, 0) is 24.7 Å². The van der Waals surface area contributed by atoms with Crippen LogP contribution in [0.5, 0.6) is 0 Å². The second-order valence-corrected chi connectivity index (χ2v) is 4.28. The summed E-state index contributed by atoms with van der Waals surface area (Å²) in [6.45, 7) is 4.90. The van der Waals surface area contributed by atoms with Crippen molar-refractivity contribution in [3.8, 4) is 0 Å². The van der Waals surface area contributed by atoms with E-state index < -0.39 is 0 Å². The summed E-state index contributed by atoms with van der Waals surface area (Å²) in [6.07, 6.45) is 11.6. The van der Waals surface area contributed by atoms with Crippen LogP contribution in [0.1, 0.15) is 40.5 Å². The summed E-state index contributed by atoms with van der Waals surface area (Å²) in [6, 6.07) is 0. The summed E-state index contributed by atoms with van der Waals surface area (Å²) < 4.78 is 4.75. The summed E-state index contributed by atoms with van der Waals surface area (Å²) in [5.41, 5.74) is 0. The SMILES string of the molecule is C.CC1C=CCC=C1.CC1CCC(=O)OC1. The smallest absolute Gasteiger partial charge is 0.305 e. The van der Waals surface area contributed by atoms with Crippen molar-refractivity contribution >= 4 is 5.97 Å². The molecule has 1 fully saturated rings. The zero-order chi connectivity index (χ0) is 11.1. The van der Waals surface area contributed by atoms with Gasteiger partial charge in [0.25, 0.3) is 0 Å². The van der Waals surface area contributed by atoms with Gasteiger partial charge in [0.1, 0.15) is 0 Å². The van der Waals surface area contributed by atoms with E-state index in [2.05, 4.69) is 38.2 Å². The fourth-order valence-electron chi connectivity index (χ4n) is 1.48. The molecular formula is C14H24O2. The van der Waals surface area contributed by atoms with Gasteiger partial charge in [0, 0.05) is 6.42 Å². The number of cyclic esters (lactones) is 1. The third-order valence-electron chi connectivity index (χ3n) is 2.52. The highest BCUT2D eigenvalue weighted by Gasteiger charge is 2.14. The average molecular weight is 224 g/mol. The maximum atomic E-state index is 10.4. The Bertz CT molecular complexity index is 231. The van der Waals surface area contributed by atoms with Crippen LogP contribution in [0.15, 0.2) is 24.3 Å². The molecule has 1 saturated heterocycles. The summed E-state index contributed by atoms with van der Waals surface area (Å²) in [5, 5.41) is 0. The van der Waals surface area contributed by atoms with Gasteiger partial charge in [-0.15, -0.1) is 0 Å². The number of carbonyl (C=O) groups excluding carboxylic acids is 1. The van der Waals surface area contributed by atoms with Crippen LogP contribution >= 0.6 is 0 Å². The lowest BCUT2D eigenvalue weighted by Crippen LogP contribution is -2.18. The molecule has 0 saturated carbocycles. The van der Waals surface area contributed by atoms with Crippen LogP contribution in [0, 0.1) is 11.8 Å². The first-order valence-electron chi connectivity index (χ1n) is 5.67. The molecule has 0 aromatic carbocycles. The summed E-state index contributed by atoms with van der Waals surface area (Å²) in [4.78, 5) is 10.4. The topological polar surface area (TPSA) is 26.3 Å². The van der Waals surface area contributed by atoms with Crippen LogP contribution < -0.4 is 0 Å². The molecule has 1 aliphatic heterocycles. The van der Waals surface area contributed by atoms with Crippen LogP contribution in [0.3, 0.4) is 0 Å². The van der Waals surface area contributed by atoms with E-state index >= 15 is 0 Å². The summed E-state index contributed by atoms with van der Waals surface area (Å²) in [5.74, 6) is 1.21. The molecule has 16 heavy (non-hydrogen) atoms. The number of hydrogen-bond acceptors (Lipinski definition) is 2. The van der Waals surface area contributed by atoms with E-state index in [0.717, 1.165) is 12.8 Å². The zero-order valence-corrected chi connectivity index (χ0v) is 9.61. The Morgan fingerprint density at radius 1 is 1.25 bits per heavy atom. The fraction of sp³-hybridized carbons (Fsp3) is 0.643. The fourth-order valence-corrected chi connectivity index (χ4v) is 1.48. The number of esters is 1. The lowest BCUT2D eigenvalue weighted by molar-refractivity contribution is -0.149. The van der Waals surface area contributed by atoms with Crippen LogP contribution in [-0.4, -0.2) is 12.6 Å². The number of hydrogen-bond donors (Lipinski definition) is 0. The number of rotatable bonds is 0. The molecule has 0 spiro atoms. The average Bonchev–Trinajstić information content (AvgIpc) is 2.25. The van der Waals surface area contributed by atoms with E-state index in [1.807, 2.05) is 0 Å². The second kappa shape index (κ2) is 8.14. The quantitative estimate of drug-likeness (QED) is 0.463. The molecule has 1 heterocycles. The van der Waals surface area contributed by atoms with Crippen molar-refractivity contribution in [2.75, 3.05) is 6.61 Å². The Hall–Kier alpha value is -1.05. The van der Waals surface area contributed by atoms with E-state index in [1.54, 1.807) is 0 Å². The molecule has 0 bridgehead atoms. The minimum absolute atomic E-state index is 0. The lowest BCUT2D eigenvalue weighted by Gasteiger charge is -2.16. The highest BCUT2D eigenvalue weighted by atomic mass is 16.5. The minimum atomic E-state index is -0.0388. The molecule has 2 aliphatic rings. The predicted molar refractivity (Wildman–Crippen MR) is 68.1 cm³/mol. The molecule has 0 aromatic rings. The van der Waals surface area contributed by atoms with Gasteiger partial charge in [0.05, 0.1) is 6.61 Å². The molecule has 92 valence electrons. The zero-order valence-electron chi connectivity index (χ0n) is 9.61. The molecule has 2 rings (SSSR count). The van der Waals surface area contributed by atoms with Gasteiger partial charge >= 0.3 is 5.97 Å². The Labute approximate surface area is 99.4 Å². The van der Waals surface area contributed by atoms with Crippen molar-refractivity contribution < 1.29 is 9.53 Å². The maximum absolute atomic E-state index is 10.4. The van der Waals surface area contributed by atoms with Gasteiger partial charge < -0.3 is 4.74 Å². The van der Waals surface area contributed by atoms with E-state index in [-0.39, 0.29) is 13.4 Å². The first-order valence-corrected chi connectivity index (χ1v) is 5.67. The molecule has 1 unspecified atom stereocenters. The molecule has 2 nitrogen and oxygen atoms in total. The van der Waals surface area contributed by atoms with Crippen molar-refractivity contribution in [2.24, 2.45) is 11.8 Å². The van der Waals surface area contributed by atoms with E-state index in [0.29, 0.717) is 24.9 Å². The molecule has 1 atom stereocenters. The molecule has 0 aromatic heterocycles. The van der Waals surface area contributed by atoms with Crippen molar-refractivity contribution in [2.45, 2.75) is 40.5 Å². The molecular weight excluding hydrogens is 200 g/mol. The third kappa shape index (κ3) is 6.44. The van der Waals surface area contributed by atoms with Gasteiger partial charge in [-0.1, -0.05) is 45.6 Å². The Morgan fingerprint density at radius 3 is 2.19 bits per heavy atom. The number of carbonyl (C=O) groups is 1. The highest BCUT2D eigenvalue weighted by molar-refractivity contribution is 5.69. The molecule has 0 radical (unpaired) electrons. The Kier molecular flexibility index (Phi) is 7.61. The van der Waals surface area contributed by atoms with Gasteiger partial charge in [-0.2, -0.15) is 0 Å². The largest absolute Gasteiger partial charge is 0.465 e. The third-order valence-corrected chi connectivity index (χ3v) is 2.52. The van der Waals surface area contributed by atoms with E-state index in [9.17, 15) is 4.79 Å². The minimum Gasteiger partial charge on any atom is -0.465 e. The van der Waals surface area contributed by atoms with Crippen molar-refractivity contribution in [3.63, 3.8) is 0 Å². The Morgan fingerprint density at radius 2 is 1.88 bits per heavy atom. The molecule has 0 N–H and O–H groups in total. The number of ether oxygens (including phenoxy) is 1. The van der Waals surface area contributed by atoms with Crippen LogP contribution in [0.2, 0.25) is 0 Å². The van der Waals surface area contributed by atoms with E-state index in [1.165, 1.54) is 0 Å². The van der Waals surface area contributed by atoms with E-state index in [4.69, 9.17) is 4.74 Å². The summed E-state index contributed by atoms with van der Waals surface area (Å²) >= 11 is 0. The molecule has 2 heteroatoms. The first-order chi connectivity index (χ1) is 7.18. The van der Waals surface area contributed by atoms with Crippen LogP contribution in [-0.2, 0) is 9.53 Å². The standard InChI is InChI=1S/C7H10.C6H10O2.CH4/c1-7-5-3-2-4-6-7;1-5-2-3-6(7)8-4-5;/h3-7H,2H2,1H3;5H,2-4H2,1H3;1H4. The van der Waals surface area contributed by atoms with Crippen molar-refractivity contribution in [3.05, 3.63) is 24.3 Å². The van der Waals surface area contributed by atoms with Crippen molar-refractivity contribution in [1.29, 1.82) is 0 Å². The monoisotopic (exact) mass is 224 g/mol. The first kappa shape index (κ1) is 14.9. The van der Waals surface area contributed by atoms with Gasteiger partial charge in [-0.3, -0.25) is 4.79 Å². The normalized spacial score (nSPS) is 23.9. The van der Waals surface area contributed by atoms with Crippen molar-refractivity contribution in [1.82, 2.24) is 0 Å². The molecule has 0 amide bonds. The van der Waals surface area contributed by atoms with Gasteiger partial charge in [-0.25, -0.2) is 0 Å². The lowest BCUT2D eigenvalue weighted by atomic mass is 10.1. The molecule has 1 aliphatic carbocycles.